The molecule has 22 heavy (non-hydrogen) atoms. The smallest absolute Gasteiger partial charge is 0.333 e. The molecule has 0 aromatic rings. The van der Waals surface area contributed by atoms with Crippen LogP contribution in [0, 0.1) is 0 Å². The van der Waals surface area contributed by atoms with E-state index in [1.54, 1.807) is 6.92 Å². The number of hydrogen-bond acceptors (Lipinski definition) is 6. The number of esters is 1. The number of rotatable bonds is 7. The molecule has 0 bridgehead atoms. The maximum atomic E-state index is 11.4. The number of nitrogens with zero attached hydrogens (tertiary/aromatic N) is 2. The highest BCUT2D eigenvalue weighted by Crippen LogP contribution is 2.14. The lowest BCUT2D eigenvalue weighted by Gasteiger charge is -2.41. The second kappa shape index (κ2) is 9.42. The quantitative estimate of drug-likeness (QED) is 0.291. The van der Waals surface area contributed by atoms with E-state index in [1.807, 2.05) is 0 Å². The first-order valence-electron chi connectivity index (χ1n) is 8.14. The van der Waals surface area contributed by atoms with E-state index in [0.717, 1.165) is 65.1 Å². The summed E-state index contributed by atoms with van der Waals surface area (Å²) in [7, 11) is -1.19. The van der Waals surface area contributed by atoms with Gasteiger partial charge in [-0.3, -0.25) is 0 Å². The van der Waals surface area contributed by atoms with Gasteiger partial charge in [0.2, 0.25) is 0 Å². The zero-order valence-electron chi connectivity index (χ0n) is 13.6. The van der Waals surface area contributed by atoms with E-state index in [1.165, 1.54) is 0 Å². The Kier molecular flexibility index (Phi) is 7.54. The summed E-state index contributed by atoms with van der Waals surface area (Å²) in [5, 5.41) is 0. The zero-order valence-corrected chi connectivity index (χ0v) is 14.7. The molecule has 2 saturated heterocycles. The molecule has 0 aliphatic carbocycles. The lowest BCUT2D eigenvalue weighted by atomic mass is 10.4. The first-order valence-corrected chi connectivity index (χ1v) is 9.99. The largest absolute Gasteiger partial charge is 0.462 e. The van der Waals surface area contributed by atoms with Gasteiger partial charge in [0.25, 0.3) is 0 Å². The topological polar surface area (TPSA) is 51.2 Å². The number of carbonyl (C=O) groups excluding carboxylic acids is 1. The van der Waals surface area contributed by atoms with Crippen molar-refractivity contribution in [2.45, 2.75) is 19.4 Å². The van der Waals surface area contributed by atoms with Crippen LogP contribution in [0.15, 0.2) is 12.2 Å². The molecule has 2 aliphatic rings. The molecule has 0 aromatic heterocycles. The van der Waals surface area contributed by atoms with Gasteiger partial charge in [0.05, 0.1) is 33.0 Å². The van der Waals surface area contributed by atoms with E-state index >= 15 is 0 Å². The second-order valence-corrected chi connectivity index (χ2v) is 8.83. The van der Waals surface area contributed by atoms with Crippen LogP contribution < -0.4 is 0 Å². The fourth-order valence-corrected chi connectivity index (χ4v) is 6.24. The third-order valence-electron chi connectivity index (χ3n) is 4.12. The van der Waals surface area contributed by atoms with Crippen LogP contribution in [-0.4, -0.2) is 83.4 Å². The molecule has 0 saturated carbocycles. The van der Waals surface area contributed by atoms with E-state index in [0.29, 0.717) is 12.2 Å². The maximum absolute atomic E-state index is 11.4. The van der Waals surface area contributed by atoms with Crippen molar-refractivity contribution >= 4 is 15.1 Å². The summed E-state index contributed by atoms with van der Waals surface area (Å²) < 4.78 is 21.4. The molecule has 2 aliphatic heterocycles. The Labute approximate surface area is 134 Å². The lowest BCUT2D eigenvalue weighted by molar-refractivity contribution is -0.138. The summed E-state index contributed by atoms with van der Waals surface area (Å²) in [5.41, 5.74) is 0.468. The van der Waals surface area contributed by atoms with Crippen LogP contribution in [0.4, 0.5) is 0 Å². The van der Waals surface area contributed by atoms with E-state index < -0.39 is 9.12 Å². The van der Waals surface area contributed by atoms with Crippen molar-refractivity contribution in [2.75, 3.05) is 59.2 Å². The minimum atomic E-state index is -1.19. The molecule has 0 N–H and O–H groups in total. The predicted octanol–water partition coefficient (Wildman–Crippen LogP) is 0.381. The average molecular weight is 328 g/mol. The standard InChI is InChI=1S/C15H28N2O4Si/c1-14(2)15(18)21-8-3-13-22(16-4-9-19-10-5-16)17-6-11-20-12-7-17/h22H,1,3-13H2,2H3. The fourth-order valence-electron chi connectivity index (χ4n) is 2.90. The maximum Gasteiger partial charge on any atom is 0.333 e. The molecule has 7 heteroatoms. The van der Waals surface area contributed by atoms with Gasteiger partial charge in [-0.15, -0.1) is 0 Å². The lowest BCUT2D eigenvalue weighted by Crippen LogP contribution is -2.58. The van der Waals surface area contributed by atoms with Gasteiger partial charge >= 0.3 is 5.97 Å². The van der Waals surface area contributed by atoms with Crippen molar-refractivity contribution in [3.8, 4) is 0 Å². The van der Waals surface area contributed by atoms with Crippen molar-refractivity contribution in [3.05, 3.63) is 12.2 Å². The van der Waals surface area contributed by atoms with Crippen LogP contribution in [0.5, 0.6) is 0 Å². The van der Waals surface area contributed by atoms with Crippen molar-refractivity contribution in [3.63, 3.8) is 0 Å². The highest BCUT2D eigenvalue weighted by atomic mass is 28.3. The highest BCUT2D eigenvalue weighted by molar-refractivity contribution is 6.52. The highest BCUT2D eigenvalue weighted by Gasteiger charge is 2.29. The Morgan fingerprint density at radius 3 is 2.05 bits per heavy atom. The van der Waals surface area contributed by atoms with Crippen molar-refractivity contribution < 1.29 is 19.0 Å². The third-order valence-corrected chi connectivity index (χ3v) is 7.77. The molecule has 2 rings (SSSR count). The summed E-state index contributed by atoms with van der Waals surface area (Å²) in [6.07, 6.45) is 0.921. The molecular formula is C15H28N2O4Si. The van der Waals surface area contributed by atoms with Crippen LogP contribution in [0.3, 0.4) is 0 Å². The molecule has 2 fully saturated rings. The minimum Gasteiger partial charge on any atom is -0.462 e. The Morgan fingerprint density at radius 2 is 1.59 bits per heavy atom. The van der Waals surface area contributed by atoms with E-state index in [-0.39, 0.29) is 5.97 Å². The Balaban J connectivity index is 1.81. The second-order valence-electron chi connectivity index (χ2n) is 5.84. The van der Waals surface area contributed by atoms with Gasteiger partial charge in [-0.2, -0.15) is 0 Å². The Morgan fingerprint density at radius 1 is 1.09 bits per heavy atom. The molecule has 0 amide bonds. The fraction of sp³-hybridized carbons (Fsp3) is 0.800. The van der Waals surface area contributed by atoms with Crippen LogP contribution in [0.2, 0.25) is 6.04 Å². The normalized spacial score (nSPS) is 21.0. The van der Waals surface area contributed by atoms with Gasteiger partial charge in [0, 0.05) is 31.8 Å². The van der Waals surface area contributed by atoms with Gasteiger partial charge in [-0.05, 0) is 19.4 Å². The molecule has 0 atom stereocenters. The monoisotopic (exact) mass is 328 g/mol. The first kappa shape index (κ1) is 17.6. The molecule has 6 nitrogen and oxygen atoms in total. The summed E-state index contributed by atoms with van der Waals surface area (Å²) in [6, 6.07) is 1.13. The molecule has 0 unspecified atom stereocenters. The van der Waals surface area contributed by atoms with Gasteiger partial charge in [-0.25, -0.2) is 4.79 Å². The van der Waals surface area contributed by atoms with Gasteiger partial charge < -0.3 is 23.3 Å². The van der Waals surface area contributed by atoms with Gasteiger partial charge in [0.1, 0.15) is 0 Å². The van der Waals surface area contributed by atoms with Crippen molar-refractivity contribution in [1.82, 2.24) is 9.13 Å². The summed E-state index contributed by atoms with van der Waals surface area (Å²) in [5.74, 6) is -0.282. The van der Waals surface area contributed by atoms with E-state index in [2.05, 4.69) is 15.7 Å². The zero-order chi connectivity index (χ0) is 15.8. The molecule has 0 aromatic carbocycles. The van der Waals surface area contributed by atoms with Crippen LogP contribution in [0.1, 0.15) is 13.3 Å². The Bertz CT molecular complexity index is 351. The van der Waals surface area contributed by atoms with Crippen LogP contribution in [-0.2, 0) is 19.0 Å². The number of hydrogen-bond donors (Lipinski definition) is 0. The van der Waals surface area contributed by atoms with Gasteiger partial charge in [0.15, 0.2) is 9.12 Å². The molecule has 2 heterocycles. The molecule has 0 radical (unpaired) electrons. The number of ether oxygens (including phenoxy) is 3. The Hall–Kier alpha value is -0.733. The van der Waals surface area contributed by atoms with Crippen molar-refractivity contribution in [2.24, 2.45) is 0 Å². The van der Waals surface area contributed by atoms with Gasteiger partial charge in [-0.1, -0.05) is 6.58 Å². The van der Waals surface area contributed by atoms with Crippen molar-refractivity contribution in [1.29, 1.82) is 0 Å². The summed E-state index contributed by atoms with van der Waals surface area (Å²) >= 11 is 0. The third kappa shape index (κ3) is 5.48. The van der Waals surface area contributed by atoms with E-state index in [4.69, 9.17) is 14.2 Å². The minimum absolute atomic E-state index is 0.282. The molecule has 0 spiro atoms. The first-order chi connectivity index (χ1) is 10.7. The number of carbonyl (C=O) groups is 1. The van der Waals surface area contributed by atoms with E-state index in [9.17, 15) is 4.79 Å². The molecular weight excluding hydrogens is 300 g/mol. The van der Waals surface area contributed by atoms with Crippen LogP contribution >= 0.6 is 0 Å². The summed E-state index contributed by atoms with van der Waals surface area (Å²) in [4.78, 5) is 11.4. The predicted molar refractivity (Wildman–Crippen MR) is 87.1 cm³/mol. The molecule has 126 valence electrons. The summed E-state index contributed by atoms with van der Waals surface area (Å²) in [6.45, 7) is 13.2. The average Bonchev–Trinajstić information content (AvgIpc) is 2.56. The SMILES string of the molecule is C=C(C)C(=O)OCCC[SiH](N1CCOCC1)N1CCOCC1. The van der Waals surface area contributed by atoms with Crippen LogP contribution in [0.25, 0.3) is 0 Å². The number of morpholine rings is 2.